The molecular weight excluding hydrogens is 489 g/mol. The normalized spacial score (nSPS) is 10.6. The summed E-state index contributed by atoms with van der Waals surface area (Å²) >= 11 is 0. The van der Waals surface area contributed by atoms with Gasteiger partial charge >= 0.3 is 17.8 Å². The van der Waals surface area contributed by atoms with Crippen molar-refractivity contribution in [3.05, 3.63) is 101 Å². The number of esters is 1. The molecule has 0 fully saturated rings. The highest BCUT2D eigenvalue weighted by molar-refractivity contribution is 6.40. The first-order chi connectivity index (χ1) is 18.3. The molecule has 0 atom stereocenters. The van der Waals surface area contributed by atoms with E-state index < -0.39 is 17.8 Å². The van der Waals surface area contributed by atoms with Crippen LogP contribution in [0.1, 0.15) is 27.0 Å². The van der Waals surface area contributed by atoms with Gasteiger partial charge < -0.3 is 19.7 Å². The lowest BCUT2D eigenvalue weighted by atomic mass is 10.0. The summed E-state index contributed by atoms with van der Waals surface area (Å²) in [6.45, 7) is 0.157. The Bertz CT molecular complexity index is 1490. The minimum atomic E-state index is -0.881. The van der Waals surface area contributed by atoms with Gasteiger partial charge in [-0.25, -0.2) is 9.18 Å². The topological polar surface area (TPSA) is 97.8 Å². The van der Waals surface area contributed by atoms with Crippen molar-refractivity contribution in [2.45, 2.75) is 13.0 Å². The lowest BCUT2D eigenvalue weighted by molar-refractivity contribution is -0.141. The third kappa shape index (κ3) is 5.95. The molecule has 0 aliphatic rings. The number of fused-ring (bicyclic) bond motifs is 1. The molecule has 0 saturated carbocycles. The van der Waals surface area contributed by atoms with E-state index in [-0.39, 0.29) is 29.4 Å². The lowest BCUT2D eigenvalue weighted by Crippen LogP contribution is -2.34. The van der Waals surface area contributed by atoms with Gasteiger partial charge in [0.2, 0.25) is 0 Å². The first-order valence-corrected chi connectivity index (χ1v) is 11.7. The highest BCUT2D eigenvalue weighted by Gasteiger charge is 2.24. The molecular formula is C29H26FN3O5. The number of halogens is 1. The van der Waals surface area contributed by atoms with E-state index in [2.05, 4.69) is 10.3 Å². The molecule has 38 heavy (non-hydrogen) atoms. The Balaban J connectivity index is 1.84. The van der Waals surface area contributed by atoms with Gasteiger partial charge in [-0.15, -0.1) is 0 Å². The van der Waals surface area contributed by atoms with Gasteiger partial charge in [-0.1, -0.05) is 42.5 Å². The number of likely N-dealkylation sites (N-methyl/N-ethyl adjacent to an activating group) is 1. The van der Waals surface area contributed by atoms with Crippen LogP contribution in [-0.4, -0.2) is 48.9 Å². The summed E-state index contributed by atoms with van der Waals surface area (Å²) in [4.78, 5) is 43.4. The van der Waals surface area contributed by atoms with Gasteiger partial charge in [-0.05, 0) is 47.4 Å². The van der Waals surface area contributed by atoms with E-state index in [1.54, 1.807) is 24.4 Å². The second-order valence-electron chi connectivity index (χ2n) is 8.76. The largest absolute Gasteiger partial charge is 0.486 e. The summed E-state index contributed by atoms with van der Waals surface area (Å²) in [7, 11) is 4.16. The number of nitrogens with one attached hydrogen (secondary N) is 1. The van der Waals surface area contributed by atoms with Crippen LogP contribution in [0.5, 0.6) is 5.75 Å². The molecule has 2 amide bonds. The number of rotatable bonds is 7. The Morgan fingerprint density at radius 2 is 1.66 bits per heavy atom. The van der Waals surface area contributed by atoms with Gasteiger partial charge in [0.25, 0.3) is 0 Å². The molecule has 194 valence electrons. The average molecular weight is 516 g/mol. The Morgan fingerprint density at radius 3 is 2.32 bits per heavy atom. The van der Waals surface area contributed by atoms with Crippen molar-refractivity contribution in [2.75, 3.05) is 26.5 Å². The number of hydrogen-bond donors (Lipinski definition) is 1. The number of amides is 2. The quantitative estimate of drug-likeness (QED) is 0.290. The Morgan fingerprint density at radius 1 is 0.947 bits per heavy atom. The van der Waals surface area contributed by atoms with Crippen LogP contribution in [0, 0.1) is 5.82 Å². The zero-order chi connectivity index (χ0) is 27.2. The van der Waals surface area contributed by atoms with Crippen LogP contribution in [0.3, 0.4) is 0 Å². The number of methoxy groups -OCH3 is 1. The Labute approximate surface area is 219 Å². The molecule has 8 nitrogen and oxygen atoms in total. The van der Waals surface area contributed by atoms with Gasteiger partial charge in [-0.3, -0.25) is 14.6 Å². The molecule has 0 unspecified atom stereocenters. The zero-order valence-corrected chi connectivity index (χ0v) is 21.2. The van der Waals surface area contributed by atoms with E-state index in [9.17, 15) is 18.8 Å². The number of ether oxygens (including phenoxy) is 2. The zero-order valence-electron chi connectivity index (χ0n) is 21.2. The summed E-state index contributed by atoms with van der Waals surface area (Å²) in [5.74, 6) is -2.49. The smallest absolute Gasteiger partial charge is 0.341 e. The second kappa shape index (κ2) is 11.5. The molecule has 0 aliphatic carbocycles. The van der Waals surface area contributed by atoms with Gasteiger partial charge in [0, 0.05) is 25.7 Å². The summed E-state index contributed by atoms with van der Waals surface area (Å²) in [6.07, 6.45) is 2.06. The summed E-state index contributed by atoms with van der Waals surface area (Å²) in [6, 6.07) is 18.7. The predicted octanol–water partition coefficient (Wildman–Crippen LogP) is 4.36. The SMILES string of the molecule is COC(=O)c1cc(NC(=O)C(=O)N(C)C)c2cc(Cc3ccc(F)cc3)cnc2c1OCc1ccccc1. The van der Waals surface area contributed by atoms with Crippen molar-refractivity contribution >= 4 is 34.4 Å². The maximum atomic E-state index is 13.4. The van der Waals surface area contributed by atoms with E-state index >= 15 is 0 Å². The molecule has 1 aromatic heterocycles. The van der Waals surface area contributed by atoms with Crippen molar-refractivity contribution in [2.24, 2.45) is 0 Å². The fraction of sp³-hybridized carbons (Fsp3) is 0.172. The highest BCUT2D eigenvalue weighted by atomic mass is 19.1. The first kappa shape index (κ1) is 26.3. The van der Waals surface area contributed by atoms with Crippen LogP contribution >= 0.6 is 0 Å². The molecule has 4 aromatic rings. The van der Waals surface area contributed by atoms with Crippen molar-refractivity contribution in [1.82, 2.24) is 9.88 Å². The minimum Gasteiger partial charge on any atom is -0.486 e. The van der Waals surface area contributed by atoms with Crippen molar-refractivity contribution in [3.63, 3.8) is 0 Å². The van der Waals surface area contributed by atoms with Crippen molar-refractivity contribution < 1.29 is 28.2 Å². The fourth-order valence-electron chi connectivity index (χ4n) is 3.86. The van der Waals surface area contributed by atoms with Crippen LogP contribution in [-0.2, 0) is 27.4 Å². The Kier molecular flexibility index (Phi) is 7.96. The molecule has 0 aliphatic heterocycles. The van der Waals surface area contributed by atoms with Gasteiger partial charge in [0.15, 0.2) is 5.75 Å². The van der Waals surface area contributed by atoms with E-state index in [0.29, 0.717) is 17.3 Å². The van der Waals surface area contributed by atoms with E-state index in [1.165, 1.54) is 39.4 Å². The predicted molar refractivity (Wildman–Crippen MR) is 140 cm³/mol. The third-order valence-electron chi connectivity index (χ3n) is 5.78. The minimum absolute atomic E-state index is 0.0438. The summed E-state index contributed by atoms with van der Waals surface area (Å²) < 4.78 is 24.4. The van der Waals surface area contributed by atoms with Crippen LogP contribution in [0.15, 0.2) is 72.9 Å². The maximum Gasteiger partial charge on any atom is 0.341 e. The van der Waals surface area contributed by atoms with Gasteiger partial charge in [-0.2, -0.15) is 0 Å². The van der Waals surface area contributed by atoms with Crippen molar-refractivity contribution in [3.8, 4) is 5.75 Å². The number of aromatic nitrogens is 1. The van der Waals surface area contributed by atoms with Crippen LogP contribution in [0.2, 0.25) is 0 Å². The number of carbonyl (C=O) groups excluding carboxylic acids is 3. The molecule has 0 bridgehead atoms. The number of hydrogen-bond acceptors (Lipinski definition) is 6. The number of anilines is 1. The highest BCUT2D eigenvalue weighted by Crippen LogP contribution is 2.36. The fourth-order valence-corrected chi connectivity index (χ4v) is 3.86. The number of benzene rings is 3. The molecule has 4 rings (SSSR count). The average Bonchev–Trinajstić information content (AvgIpc) is 2.93. The standard InChI is InChI=1S/C29H26FN3O5/c1-33(2)28(35)27(34)32-24-15-23(29(36)37-3)26(38-17-19-7-5-4-6-8-19)25-22(24)14-20(16-31-25)13-18-9-11-21(30)12-10-18/h4-12,14-16H,13,17H2,1-3H3,(H,32,34). The van der Waals surface area contributed by atoms with Crippen LogP contribution in [0.4, 0.5) is 10.1 Å². The van der Waals surface area contributed by atoms with E-state index in [0.717, 1.165) is 21.6 Å². The first-order valence-electron chi connectivity index (χ1n) is 11.7. The van der Waals surface area contributed by atoms with E-state index in [4.69, 9.17) is 9.47 Å². The molecule has 1 heterocycles. The number of carbonyl (C=O) groups is 3. The van der Waals surface area contributed by atoms with Crippen LogP contribution < -0.4 is 10.1 Å². The lowest BCUT2D eigenvalue weighted by Gasteiger charge is -2.18. The molecule has 1 N–H and O–H groups in total. The monoisotopic (exact) mass is 515 g/mol. The number of pyridine rings is 1. The van der Waals surface area contributed by atoms with Crippen molar-refractivity contribution in [1.29, 1.82) is 0 Å². The maximum absolute atomic E-state index is 13.4. The summed E-state index contributed by atoms with van der Waals surface area (Å²) in [5.41, 5.74) is 3.03. The van der Waals surface area contributed by atoms with Crippen LogP contribution in [0.25, 0.3) is 10.9 Å². The second-order valence-corrected chi connectivity index (χ2v) is 8.76. The molecule has 3 aromatic carbocycles. The van der Waals surface area contributed by atoms with Gasteiger partial charge in [0.05, 0.1) is 12.8 Å². The summed E-state index contributed by atoms with van der Waals surface area (Å²) in [5, 5.41) is 3.06. The number of nitrogens with zero attached hydrogens (tertiary/aromatic N) is 2. The molecule has 0 radical (unpaired) electrons. The third-order valence-corrected chi connectivity index (χ3v) is 5.78. The molecule has 0 spiro atoms. The molecule has 9 heteroatoms. The van der Waals surface area contributed by atoms with Gasteiger partial charge in [0.1, 0.15) is 23.5 Å². The Hall–Kier alpha value is -4.79. The van der Waals surface area contributed by atoms with E-state index in [1.807, 2.05) is 30.3 Å². The molecule has 0 saturated heterocycles.